The zero-order valence-corrected chi connectivity index (χ0v) is 11.0. The predicted molar refractivity (Wildman–Crippen MR) is 71.7 cm³/mol. The highest BCUT2D eigenvalue weighted by Crippen LogP contribution is 2.19. The molecule has 0 bridgehead atoms. The van der Waals surface area contributed by atoms with Crippen LogP contribution in [0.15, 0.2) is 18.2 Å². The normalized spacial score (nSPS) is 14.1. The highest BCUT2D eigenvalue weighted by Gasteiger charge is 2.17. The molecule has 3 heteroatoms. The van der Waals surface area contributed by atoms with Gasteiger partial charge in [0.05, 0.1) is 12.2 Å². The molecule has 1 heterocycles. The van der Waals surface area contributed by atoms with Gasteiger partial charge in [-0.15, -0.1) is 0 Å². The fourth-order valence-corrected chi connectivity index (χ4v) is 2.32. The van der Waals surface area contributed by atoms with Crippen molar-refractivity contribution in [2.24, 2.45) is 0 Å². The van der Waals surface area contributed by atoms with E-state index in [-0.39, 0.29) is 5.97 Å². The summed E-state index contributed by atoms with van der Waals surface area (Å²) in [6.45, 7) is 4.47. The molecule has 2 rings (SSSR count). The molecule has 1 aliphatic heterocycles. The molecule has 0 radical (unpaired) electrons. The van der Waals surface area contributed by atoms with Crippen molar-refractivity contribution in [1.82, 2.24) is 5.32 Å². The Labute approximate surface area is 109 Å². The van der Waals surface area contributed by atoms with Gasteiger partial charge in [-0.1, -0.05) is 31.9 Å². The Kier molecular flexibility index (Phi) is 4.76. The number of unbranched alkanes of at least 4 members (excludes halogenated alkanes) is 2. The van der Waals surface area contributed by atoms with Gasteiger partial charge in [0.25, 0.3) is 0 Å². The molecule has 1 N–H and O–H groups in total. The molecule has 1 aromatic rings. The van der Waals surface area contributed by atoms with Gasteiger partial charge in [-0.2, -0.15) is 0 Å². The lowest BCUT2D eigenvalue weighted by Gasteiger charge is -2.19. The van der Waals surface area contributed by atoms with Crippen LogP contribution in [0, 0.1) is 0 Å². The molecule has 0 saturated heterocycles. The highest BCUT2D eigenvalue weighted by atomic mass is 16.5. The van der Waals surface area contributed by atoms with E-state index in [0.717, 1.165) is 49.9 Å². The number of benzene rings is 1. The fourth-order valence-electron chi connectivity index (χ4n) is 2.32. The SMILES string of the molecule is CCCCCOC(=O)c1cccc2c1CCNC2. The zero-order chi connectivity index (χ0) is 12.8. The van der Waals surface area contributed by atoms with Crippen LogP contribution in [-0.2, 0) is 17.7 Å². The van der Waals surface area contributed by atoms with E-state index in [1.807, 2.05) is 12.1 Å². The zero-order valence-electron chi connectivity index (χ0n) is 11.0. The molecule has 1 aromatic carbocycles. The molecular formula is C15H21NO2. The van der Waals surface area contributed by atoms with Crippen LogP contribution in [-0.4, -0.2) is 19.1 Å². The lowest BCUT2D eigenvalue weighted by molar-refractivity contribution is 0.0496. The number of carbonyl (C=O) groups is 1. The van der Waals surface area contributed by atoms with E-state index in [0.29, 0.717) is 6.61 Å². The molecule has 0 aromatic heterocycles. The van der Waals surface area contributed by atoms with Crippen LogP contribution >= 0.6 is 0 Å². The molecule has 98 valence electrons. The maximum atomic E-state index is 12.0. The Hall–Kier alpha value is -1.35. The topological polar surface area (TPSA) is 38.3 Å². The molecule has 1 aliphatic rings. The van der Waals surface area contributed by atoms with Gasteiger partial charge in [-0.25, -0.2) is 4.79 Å². The van der Waals surface area contributed by atoms with E-state index in [1.165, 1.54) is 5.56 Å². The maximum Gasteiger partial charge on any atom is 0.338 e. The van der Waals surface area contributed by atoms with Gasteiger partial charge >= 0.3 is 5.97 Å². The van der Waals surface area contributed by atoms with Gasteiger partial charge < -0.3 is 10.1 Å². The van der Waals surface area contributed by atoms with Crippen LogP contribution < -0.4 is 5.32 Å². The number of nitrogens with one attached hydrogen (secondary N) is 1. The predicted octanol–water partition coefficient (Wildman–Crippen LogP) is 2.68. The van der Waals surface area contributed by atoms with Crippen molar-refractivity contribution < 1.29 is 9.53 Å². The number of carbonyl (C=O) groups excluding carboxylic acids is 1. The average Bonchev–Trinajstić information content (AvgIpc) is 2.43. The third-order valence-electron chi connectivity index (χ3n) is 3.34. The van der Waals surface area contributed by atoms with E-state index in [2.05, 4.69) is 18.3 Å². The molecule has 0 fully saturated rings. The van der Waals surface area contributed by atoms with Gasteiger partial charge in [-0.05, 0) is 36.6 Å². The van der Waals surface area contributed by atoms with E-state index in [1.54, 1.807) is 0 Å². The molecule has 18 heavy (non-hydrogen) atoms. The number of hydrogen-bond acceptors (Lipinski definition) is 3. The van der Waals surface area contributed by atoms with Crippen LogP contribution in [0.2, 0.25) is 0 Å². The summed E-state index contributed by atoms with van der Waals surface area (Å²) in [5.74, 6) is -0.162. The summed E-state index contributed by atoms with van der Waals surface area (Å²) in [4.78, 5) is 12.0. The number of ether oxygens (including phenoxy) is 1. The van der Waals surface area contributed by atoms with Gasteiger partial charge in [0.1, 0.15) is 0 Å². The highest BCUT2D eigenvalue weighted by molar-refractivity contribution is 5.91. The summed E-state index contributed by atoms with van der Waals surface area (Å²) in [5, 5.41) is 3.31. The third kappa shape index (κ3) is 3.10. The van der Waals surface area contributed by atoms with E-state index < -0.39 is 0 Å². The Balaban J connectivity index is 2.01. The summed E-state index contributed by atoms with van der Waals surface area (Å²) in [7, 11) is 0. The van der Waals surface area contributed by atoms with Crippen molar-refractivity contribution in [1.29, 1.82) is 0 Å². The molecule has 0 spiro atoms. The lowest BCUT2D eigenvalue weighted by Crippen LogP contribution is -2.25. The minimum atomic E-state index is -0.162. The first-order valence-corrected chi connectivity index (χ1v) is 6.81. The molecular weight excluding hydrogens is 226 g/mol. The van der Waals surface area contributed by atoms with Crippen molar-refractivity contribution >= 4 is 5.97 Å². The average molecular weight is 247 g/mol. The number of hydrogen-bond donors (Lipinski definition) is 1. The second-order valence-corrected chi connectivity index (χ2v) is 4.71. The standard InChI is InChI=1S/C15H21NO2/c1-2-3-4-10-18-15(17)14-7-5-6-12-11-16-9-8-13(12)14/h5-7,16H,2-4,8-11H2,1H3. The summed E-state index contributed by atoms with van der Waals surface area (Å²) >= 11 is 0. The first-order valence-electron chi connectivity index (χ1n) is 6.81. The molecule has 0 aliphatic carbocycles. The molecule has 0 saturated carbocycles. The molecule has 0 atom stereocenters. The Bertz CT molecular complexity index is 415. The summed E-state index contributed by atoms with van der Waals surface area (Å²) < 4.78 is 5.34. The number of rotatable bonds is 5. The molecule has 3 nitrogen and oxygen atoms in total. The maximum absolute atomic E-state index is 12.0. The minimum Gasteiger partial charge on any atom is -0.462 e. The van der Waals surface area contributed by atoms with E-state index in [4.69, 9.17) is 4.74 Å². The second-order valence-electron chi connectivity index (χ2n) is 4.71. The van der Waals surface area contributed by atoms with Gasteiger partial charge in [-0.3, -0.25) is 0 Å². The monoisotopic (exact) mass is 247 g/mol. The summed E-state index contributed by atoms with van der Waals surface area (Å²) in [5.41, 5.74) is 3.14. The Morgan fingerprint density at radius 2 is 2.28 bits per heavy atom. The van der Waals surface area contributed by atoms with Crippen molar-refractivity contribution in [2.45, 2.75) is 39.2 Å². The lowest BCUT2D eigenvalue weighted by atomic mass is 9.95. The molecule has 0 unspecified atom stereocenters. The summed E-state index contributed by atoms with van der Waals surface area (Å²) in [6, 6.07) is 5.90. The minimum absolute atomic E-state index is 0.162. The van der Waals surface area contributed by atoms with Crippen LogP contribution in [0.3, 0.4) is 0 Å². The first-order chi connectivity index (χ1) is 8.83. The van der Waals surface area contributed by atoms with Gasteiger partial charge in [0, 0.05) is 6.54 Å². The van der Waals surface area contributed by atoms with Crippen molar-refractivity contribution in [2.75, 3.05) is 13.2 Å². The van der Waals surface area contributed by atoms with Crippen LogP contribution in [0.4, 0.5) is 0 Å². The fraction of sp³-hybridized carbons (Fsp3) is 0.533. The van der Waals surface area contributed by atoms with Crippen LogP contribution in [0.5, 0.6) is 0 Å². The van der Waals surface area contributed by atoms with Gasteiger partial charge in [0.15, 0.2) is 0 Å². The van der Waals surface area contributed by atoms with E-state index in [9.17, 15) is 4.79 Å². The smallest absolute Gasteiger partial charge is 0.338 e. The molecule has 0 amide bonds. The van der Waals surface area contributed by atoms with Crippen LogP contribution in [0.1, 0.15) is 47.7 Å². The van der Waals surface area contributed by atoms with Crippen molar-refractivity contribution in [3.8, 4) is 0 Å². The van der Waals surface area contributed by atoms with Crippen molar-refractivity contribution in [3.05, 3.63) is 34.9 Å². The number of fused-ring (bicyclic) bond motifs is 1. The van der Waals surface area contributed by atoms with Crippen molar-refractivity contribution in [3.63, 3.8) is 0 Å². The first kappa shape index (κ1) is 13.1. The largest absolute Gasteiger partial charge is 0.462 e. The Morgan fingerprint density at radius 3 is 3.11 bits per heavy atom. The number of esters is 1. The third-order valence-corrected chi connectivity index (χ3v) is 3.34. The van der Waals surface area contributed by atoms with E-state index >= 15 is 0 Å². The quantitative estimate of drug-likeness (QED) is 0.642. The second kappa shape index (κ2) is 6.55. The Morgan fingerprint density at radius 1 is 1.39 bits per heavy atom. The van der Waals surface area contributed by atoms with Crippen LogP contribution in [0.25, 0.3) is 0 Å². The summed E-state index contributed by atoms with van der Waals surface area (Å²) in [6.07, 6.45) is 4.13. The van der Waals surface area contributed by atoms with Gasteiger partial charge in [0.2, 0.25) is 0 Å².